The van der Waals surface area contributed by atoms with E-state index in [4.69, 9.17) is 24.5 Å². The lowest BCUT2D eigenvalue weighted by atomic mass is 9.90. The summed E-state index contributed by atoms with van der Waals surface area (Å²) in [6.07, 6.45) is 4.37. The third-order valence-corrected chi connectivity index (χ3v) is 13.0. The molecule has 2 fully saturated rings. The molecule has 2 atom stereocenters. The van der Waals surface area contributed by atoms with E-state index in [9.17, 15) is 39.3 Å². The van der Waals surface area contributed by atoms with Gasteiger partial charge in [-0.1, -0.05) is 36.8 Å². The van der Waals surface area contributed by atoms with E-state index in [1.165, 1.54) is 39.7 Å². The highest BCUT2D eigenvalue weighted by molar-refractivity contribution is 6.08. The van der Waals surface area contributed by atoms with Crippen LogP contribution in [0.15, 0.2) is 76.2 Å². The Bertz CT molecular complexity index is 3180. The molecule has 3 aliphatic heterocycles. The zero-order valence-corrected chi connectivity index (χ0v) is 39.5. The molecule has 2 saturated heterocycles. The molecule has 2 amide bonds. The molecular weight excluding hydrogens is 933 g/mol. The van der Waals surface area contributed by atoms with E-state index in [1.807, 2.05) is 23.6 Å². The number of piperazine rings is 2. The minimum Gasteiger partial charge on any atom is -0.508 e. The van der Waals surface area contributed by atoms with Crippen molar-refractivity contribution < 1.29 is 44.0 Å². The summed E-state index contributed by atoms with van der Waals surface area (Å²) < 4.78 is 8.97. The number of aromatic nitrogens is 9. The molecule has 4 aliphatic rings. The van der Waals surface area contributed by atoms with E-state index in [-0.39, 0.29) is 77.8 Å². The number of carbonyl (C=O) groups is 4. The largest absolute Gasteiger partial charge is 0.508 e. The first-order chi connectivity index (χ1) is 34.7. The van der Waals surface area contributed by atoms with Gasteiger partial charge in [-0.3, -0.25) is 19.2 Å². The van der Waals surface area contributed by atoms with Crippen molar-refractivity contribution >= 4 is 58.3 Å². The van der Waals surface area contributed by atoms with E-state index < -0.39 is 18.0 Å². The molecule has 1 aliphatic carbocycles. The third-order valence-electron chi connectivity index (χ3n) is 13.0. The van der Waals surface area contributed by atoms with Gasteiger partial charge in [-0.05, 0) is 47.9 Å². The van der Waals surface area contributed by atoms with Gasteiger partial charge in [0.15, 0.2) is 5.43 Å². The van der Waals surface area contributed by atoms with Crippen LogP contribution in [0, 0.1) is 5.92 Å². The molecule has 0 bridgehead atoms. The van der Waals surface area contributed by atoms with Crippen molar-refractivity contribution in [3.63, 3.8) is 0 Å². The fourth-order valence-corrected chi connectivity index (χ4v) is 8.98. The summed E-state index contributed by atoms with van der Waals surface area (Å²) >= 11 is 0. The second-order valence-corrected chi connectivity index (χ2v) is 17.7. The van der Waals surface area contributed by atoms with Crippen LogP contribution < -0.4 is 20.5 Å². The van der Waals surface area contributed by atoms with Crippen LogP contribution in [0.25, 0.3) is 33.4 Å². The second-order valence-electron chi connectivity index (χ2n) is 17.7. The number of phenolic OH excluding ortho intramolecular Hbond substituents is 1. The first-order valence-electron chi connectivity index (χ1n) is 23.5. The Hall–Kier alpha value is -8.54. The average Bonchev–Trinajstić information content (AvgIpc) is 4.04. The summed E-state index contributed by atoms with van der Waals surface area (Å²) in [6, 6.07) is 12.9. The van der Waals surface area contributed by atoms with Crippen molar-refractivity contribution in [2.45, 2.75) is 52.1 Å². The van der Waals surface area contributed by atoms with Gasteiger partial charge in [-0.15, -0.1) is 10.2 Å². The molecule has 0 spiro atoms. The monoisotopic (exact) mass is 984 g/mol. The fraction of sp³-hybridized carbons (Fsp3) is 0.375. The lowest BCUT2D eigenvalue weighted by Crippen LogP contribution is -2.52. The van der Waals surface area contributed by atoms with Crippen molar-refractivity contribution in [1.29, 1.82) is 0 Å². The molecule has 5 N–H and O–H groups in total. The number of hydrogen-bond acceptors (Lipinski definition) is 18. The molecule has 9 rings (SSSR count). The van der Waals surface area contributed by atoms with Gasteiger partial charge in [0, 0.05) is 119 Å². The van der Waals surface area contributed by atoms with Gasteiger partial charge in [-0.25, -0.2) is 14.2 Å². The highest BCUT2D eigenvalue weighted by Gasteiger charge is 2.34. The molecule has 5 aromatic rings. The number of aromatic hydroxyl groups is 1. The summed E-state index contributed by atoms with van der Waals surface area (Å²) in [6.45, 7) is 6.62. The minimum atomic E-state index is -1.24. The molecule has 0 radical (unpaired) electrons. The number of nitrogens with one attached hydrogen (secondary N) is 1. The number of carboxylic acids is 2. The Balaban J connectivity index is 0.992. The number of carbonyl (C=O) groups excluding carboxylic acids is 2. The van der Waals surface area contributed by atoms with Crippen LogP contribution in [0.1, 0.15) is 54.5 Å². The van der Waals surface area contributed by atoms with Crippen LogP contribution >= 0.6 is 0 Å². The standard InChI is InChI=1S/C48H52N14O10/c1-3-28(2)43(62-26-30(54-56-62)5-11-41(67)68)44(69)58-15-19-60(20-16-58)48-51-46(50-47(52-48)59-17-13-57(14-18-59)40(66)27-61-25-31(12-21-63)53-55-61)49-29-4-8-34(37(22-29)45(70)71)42-35-9-6-32(64)23-38(35)72-39-24-33(65)7-10-36(39)42/h4,6-10,22-26,28,43,63-64H,3,5,11-21,27H2,1-2H3,(H,67,68)(H,70,71)(H,49,50,51,52)/t28-,43-/m0/s1. The van der Waals surface area contributed by atoms with Crippen LogP contribution in [0.5, 0.6) is 5.75 Å². The van der Waals surface area contributed by atoms with Gasteiger partial charge in [0.25, 0.3) is 0 Å². The van der Waals surface area contributed by atoms with Crippen molar-refractivity contribution in [2.24, 2.45) is 5.92 Å². The number of phenols is 1. The number of aryl methyl sites for hydroxylation is 1. The van der Waals surface area contributed by atoms with Gasteiger partial charge in [0.05, 0.1) is 23.4 Å². The number of aliphatic carboxylic acids is 1. The zero-order chi connectivity index (χ0) is 50.6. The number of aliphatic hydroxyl groups excluding tert-OH is 1. The van der Waals surface area contributed by atoms with Crippen LogP contribution in [-0.4, -0.2) is 158 Å². The maximum Gasteiger partial charge on any atom is 0.336 e. The van der Waals surface area contributed by atoms with Crippen LogP contribution in [-0.2, 0) is 33.8 Å². The number of hydrogen-bond donors (Lipinski definition) is 5. The number of anilines is 4. The summed E-state index contributed by atoms with van der Waals surface area (Å²) in [5, 5.41) is 59.5. The number of amides is 2. The first-order valence-corrected chi connectivity index (χ1v) is 23.5. The maximum atomic E-state index is 14.2. The number of carboxylic acid groups (broad SMARTS) is 2. The number of benzene rings is 3. The minimum absolute atomic E-state index is 0.0184. The topological polar surface area (TPSA) is 304 Å². The van der Waals surface area contributed by atoms with E-state index in [0.717, 1.165) is 0 Å². The third kappa shape index (κ3) is 10.5. The molecule has 3 aromatic heterocycles. The SMILES string of the molecule is CC[C@H](C)[C@@H](C(=O)N1CCN(c2nc(Nc3ccc(-c4c5ccc(=O)cc-5oc5cc(O)ccc45)c(C(=O)O)c3)nc(N3CCN(C(=O)Cn4cc(CCO)nn4)CC3)n2)CC1)n1cc(CCC(=O)O)nn1. The maximum absolute atomic E-state index is 14.2. The number of aromatic carboxylic acids is 1. The Morgan fingerprint density at radius 3 is 2.14 bits per heavy atom. The summed E-state index contributed by atoms with van der Waals surface area (Å²) in [5.74, 6) is -1.74. The molecule has 0 unspecified atom stereocenters. The van der Waals surface area contributed by atoms with Crippen LogP contribution in [0.3, 0.4) is 0 Å². The van der Waals surface area contributed by atoms with Gasteiger partial charge in [-0.2, -0.15) is 15.0 Å². The number of nitrogens with zero attached hydrogens (tertiary/aromatic N) is 13. The Morgan fingerprint density at radius 1 is 0.778 bits per heavy atom. The summed E-state index contributed by atoms with van der Waals surface area (Å²) in [4.78, 5) is 86.1. The molecular formula is C48H52N14O10. The predicted molar refractivity (Wildman–Crippen MR) is 259 cm³/mol. The Kier molecular flexibility index (Phi) is 14.0. The first kappa shape index (κ1) is 48.5. The smallest absolute Gasteiger partial charge is 0.336 e. The van der Waals surface area contributed by atoms with E-state index in [1.54, 1.807) is 46.5 Å². The van der Waals surface area contributed by atoms with E-state index >= 15 is 0 Å². The van der Waals surface area contributed by atoms with Crippen molar-refractivity contribution in [2.75, 3.05) is 74.1 Å². The van der Waals surface area contributed by atoms with Crippen LogP contribution in [0.4, 0.5) is 23.5 Å². The molecule has 374 valence electrons. The molecule has 0 saturated carbocycles. The fourth-order valence-electron chi connectivity index (χ4n) is 8.98. The molecule has 72 heavy (non-hydrogen) atoms. The predicted octanol–water partition coefficient (Wildman–Crippen LogP) is 2.92. The van der Waals surface area contributed by atoms with E-state index in [0.29, 0.717) is 116 Å². The highest BCUT2D eigenvalue weighted by atomic mass is 16.4. The Labute approximate surface area is 410 Å². The van der Waals surface area contributed by atoms with Gasteiger partial charge in [0.2, 0.25) is 29.7 Å². The van der Waals surface area contributed by atoms with Gasteiger partial charge in [0.1, 0.15) is 29.7 Å². The zero-order valence-electron chi connectivity index (χ0n) is 39.5. The second kappa shape index (κ2) is 20.8. The Morgan fingerprint density at radius 2 is 1.46 bits per heavy atom. The van der Waals surface area contributed by atoms with Crippen LogP contribution in [0.2, 0.25) is 0 Å². The lowest BCUT2D eigenvalue weighted by Gasteiger charge is -2.38. The average molecular weight is 985 g/mol. The normalized spacial score (nSPS) is 15.0. The van der Waals surface area contributed by atoms with Crippen molar-refractivity contribution in [3.05, 3.63) is 94.2 Å². The number of rotatable bonds is 17. The number of aliphatic hydroxyl groups is 1. The van der Waals surface area contributed by atoms with Crippen molar-refractivity contribution in [1.82, 2.24) is 54.7 Å². The molecule has 6 heterocycles. The van der Waals surface area contributed by atoms with Crippen molar-refractivity contribution in [3.8, 4) is 28.2 Å². The van der Waals surface area contributed by atoms with E-state index in [2.05, 4.69) is 25.9 Å². The quantitative estimate of drug-likeness (QED) is 0.0819. The molecule has 24 nitrogen and oxygen atoms in total. The van der Waals surface area contributed by atoms with Gasteiger partial charge < -0.3 is 49.8 Å². The molecule has 2 aromatic carbocycles. The highest BCUT2D eigenvalue weighted by Crippen LogP contribution is 2.42. The lowest BCUT2D eigenvalue weighted by molar-refractivity contribution is -0.138. The number of fused-ring (bicyclic) bond motifs is 2. The van der Waals surface area contributed by atoms with Gasteiger partial charge >= 0.3 is 11.9 Å². The summed E-state index contributed by atoms with van der Waals surface area (Å²) in [5.41, 5.74) is 2.56. The summed E-state index contributed by atoms with van der Waals surface area (Å²) in [7, 11) is 0. The molecule has 24 heteroatoms.